The number of nitrogens with zero attached hydrogens (tertiary/aromatic N) is 2. The zero-order chi connectivity index (χ0) is 17.6. The number of rotatable bonds is 3. The SMILES string of the molecule is Cc1[nH]c2ccccc2c1C(=O)C(=O)Oc1ccc2c(c1)ncn2C. The first kappa shape index (κ1) is 15.1. The molecule has 0 unspecified atom stereocenters. The molecule has 0 spiro atoms. The summed E-state index contributed by atoms with van der Waals surface area (Å²) in [5.41, 5.74) is 3.41. The predicted molar refractivity (Wildman–Crippen MR) is 93.7 cm³/mol. The molecule has 6 nitrogen and oxygen atoms in total. The Labute approximate surface area is 143 Å². The number of esters is 1. The first-order chi connectivity index (χ1) is 12.0. The van der Waals surface area contributed by atoms with Crippen LogP contribution in [0.3, 0.4) is 0 Å². The number of aryl methyl sites for hydroxylation is 2. The highest BCUT2D eigenvalue weighted by Gasteiger charge is 2.24. The van der Waals surface area contributed by atoms with E-state index in [1.54, 1.807) is 37.5 Å². The van der Waals surface area contributed by atoms with Crippen LogP contribution in [0.5, 0.6) is 5.75 Å². The molecule has 1 N–H and O–H groups in total. The van der Waals surface area contributed by atoms with E-state index < -0.39 is 11.8 Å². The van der Waals surface area contributed by atoms with E-state index in [0.717, 1.165) is 11.0 Å². The third-order valence-corrected chi connectivity index (χ3v) is 4.21. The smallest absolute Gasteiger partial charge is 0.385 e. The summed E-state index contributed by atoms with van der Waals surface area (Å²) < 4.78 is 7.13. The number of aromatic nitrogens is 3. The Morgan fingerprint density at radius 3 is 2.80 bits per heavy atom. The number of fused-ring (bicyclic) bond motifs is 2. The number of benzene rings is 2. The molecule has 0 bridgehead atoms. The number of ketones is 1. The van der Waals surface area contributed by atoms with Crippen molar-refractivity contribution in [2.75, 3.05) is 0 Å². The molecule has 25 heavy (non-hydrogen) atoms. The third kappa shape index (κ3) is 2.48. The van der Waals surface area contributed by atoms with Crippen LogP contribution < -0.4 is 4.74 Å². The summed E-state index contributed by atoms with van der Waals surface area (Å²) in [7, 11) is 1.88. The van der Waals surface area contributed by atoms with Crippen LogP contribution in [-0.2, 0) is 11.8 Å². The summed E-state index contributed by atoms with van der Waals surface area (Å²) in [4.78, 5) is 32.3. The molecule has 0 aliphatic heterocycles. The monoisotopic (exact) mass is 333 g/mol. The van der Waals surface area contributed by atoms with Crippen molar-refractivity contribution in [3.05, 3.63) is 60.0 Å². The van der Waals surface area contributed by atoms with E-state index in [0.29, 0.717) is 27.9 Å². The number of imidazole rings is 1. The van der Waals surface area contributed by atoms with E-state index in [1.807, 2.05) is 29.8 Å². The van der Waals surface area contributed by atoms with E-state index in [2.05, 4.69) is 9.97 Å². The highest BCUT2D eigenvalue weighted by Crippen LogP contribution is 2.24. The lowest BCUT2D eigenvalue weighted by Crippen LogP contribution is -2.21. The Morgan fingerprint density at radius 1 is 1.16 bits per heavy atom. The highest BCUT2D eigenvalue weighted by molar-refractivity contribution is 6.43. The molecule has 4 rings (SSSR count). The van der Waals surface area contributed by atoms with Crippen molar-refractivity contribution < 1.29 is 14.3 Å². The van der Waals surface area contributed by atoms with Crippen LogP contribution in [-0.4, -0.2) is 26.3 Å². The maximum absolute atomic E-state index is 12.6. The first-order valence-corrected chi connectivity index (χ1v) is 7.79. The molecule has 0 saturated heterocycles. The van der Waals surface area contributed by atoms with Gasteiger partial charge in [-0.2, -0.15) is 0 Å². The van der Waals surface area contributed by atoms with Crippen molar-refractivity contribution in [2.45, 2.75) is 6.92 Å². The summed E-state index contributed by atoms with van der Waals surface area (Å²) in [5, 5.41) is 0.710. The molecule has 0 amide bonds. The second-order valence-corrected chi connectivity index (χ2v) is 5.90. The van der Waals surface area contributed by atoms with E-state index in [1.165, 1.54) is 0 Å². The van der Waals surface area contributed by atoms with E-state index >= 15 is 0 Å². The number of aromatic amines is 1. The zero-order valence-corrected chi connectivity index (χ0v) is 13.7. The van der Waals surface area contributed by atoms with Gasteiger partial charge in [0, 0.05) is 29.7 Å². The summed E-state index contributed by atoms with van der Waals surface area (Å²) in [6, 6.07) is 12.4. The van der Waals surface area contributed by atoms with Gasteiger partial charge in [0.1, 0.15) is 5.75 Å². The van der Waals surface area contributed by atoms with E-state index in [9.17, 15) is 9.59 Å². The van der Waals surface area contributed by atoms with Gasteiger partial charge in [-0.1, -0.05) is 18.2 Å². The Morgan fingerprint density at radius 2 is 1.96 bits per heavy atom. The Kier molecular flexibility index (Phi) is 3.39. The Hall–Kier alpha value is -3.41. The molecule has 0 aliphatic carbocycles. The molecule has 2 heterocycles. The van der Waals surface area contributed by atoms with Gasteiger partial charge in [-0.05, 0) is 25.1 Å². The minimum Gasteiger partial charge on any atom is -0.420 e. The maximum Gasteiger partial charge on any atom is 0.385 e. The zero-order valence-electron chi connectivity index (χ0n) is 13.7. The molecule has 0 saturated carbocycles. The van der Waals surface area contributed by atoms with Gasteiger partial charge in [0.25, 0.3) is 5.78 Å². The van der Waals surface area contributed by atoms with Crippen LogP contribution in [0, 0.1) is 6.92 Å². The number of ether oxygens (including phenoxy) is 1. The van der Waals surface area contributed by atoms with Gasteiger partial charge in [0.2, 0.25) is 0 Å². The molecule has 4 aromatic rings. The van der Waals surface area contributed by atoms with Crippen LogP contribution in [0.1, 0.15) is 16.1 Å². The molecule has 2 aromatic heterocycles. The van der Waals surface area contributed by atoms with Gasteiger partial charge in [0.15, 0.2) is 0 Å². The minimum absolute atomic E-state index is 0.294. The fourth-order valence-electron chi connectivity index (χ4n) is 3.00. The number of hydrogen-bond donors (Lipinski definition) is 1. The normalized spacial score (nSPS) is 11.1. The number of Topliss-reactive ketones (excluding diaryl/α,β-unsaturated/α-hetero) is 1. The molecule has 124 valence electrons. The molecule has 0 atom stereocenters. The lowest BCUT2D eigenvalue weighted by Gasteiger charge is -2.04. The third-order valence-electron chi connectivity index (χ3n) is 4.21. The lowest BCUT2D eigenvalue weighted by atomic mass is 10.1. The maximum atomic E-state index is 12.6. The number of carbonyl (C=O) groups excluding carboxylic acids is 2. The number of hydrogen-bond acceptors (Lipinski definition) is 4. The standard InChI is InChI=1S/C19H15N3O3/c1-11-17(13-5-3-4-6-14(13)21-11)18(23)19(24)25-12-7-8-16-15(9-12)20-10-22(16)2/h3-10,21H,1-2H3. The fourth-order valence-corrected chi connectivity index (χ4v) is 3.00. The molecule has 0 fully saturated rings. The largest absolute Gasteiger partial charge is 0.420 e. The topological polar surface area (TPSA) is 77.0 Å². The van der Waals surface area contributed by atoms with E-state index in [4.69, 9.17) is 4.74 Å². The molecule has 2 aromatic carbocycles. The summed E-state index contributed by atoms with van der Waals surface area (Å²) in [5.74, 6) is -1.29. The van der Waals surface area contributed by atoms with Crippen molar-refractivity contribution in [1.82, 2.24) is 14.5 Å². The second kappa shape index (κ2) is 5.59. The lowest BCUT2D eigenvalue weighted by molar-refractivity contribution is -0.129. The van der Waals surface area contributed by atoms with Crippen molar-refractivity contribution in [3.8, 4) is 5.75 Å². The average Bonchev–Trinajstić information content (AvgIpc) is 3.13. The number of para-hydroxylation sites is 1. The summed E-state index contributed by atoms with van der Waals surface area (Å²) in [6.07, 6.45) is 1.68. The molecule has 0 aliphatic rings. The van der Waals surface area contributed by atoms with Crippen LogP contribution in [0.15, 0.2) is 48.8 Å². The molecule has 0 radical (unpaired) electrons. The predicted octanol–water partition coefficient (Wildman–Crippen LogP) is 3.15. The van der Waals surface area contributed by atoms with Crippen molar-refractivity contribution in [3.63, 3.8) is 0 Å². The molecule has 6 heteroatoms. The van der Waals surface area contributed by atoms with Crippen molar-refractivity contribution in [1.29, 1.82) is 0 Å². The van der Waals surface area contributed by atoms with Gasteiger partial charge in [-0.15, -0.1) is 0 Å². The first-order valence-electron chi connectivity index (χ1n) is 7.79. The van der Waals surface area contributed by atoms with Crippen LogP contribution >= 0.6 is 0 Å². The fraction of sp³-hybridized carbons (Fsp3) is 0.105. The van der Waals surface area contributed by atoms with Crippen molar-refractivity contribution >= 4 is 33.7 Å². The van der Waals surface area contributed by atoms with E-state index in [-0.39, 0.29) is 0 Å². The van der Waals surface area contributed by atoms with Gasteiger partial charge >= 0.3 is 5.97 Å². The summed E-state index contributed by atoms with van der Waals surface area (Å²) in [6.45, 7) is 1.76. The Balaban J connectivity index is 1.65. The quantitative estimate of drug-likeness (QED) is 0.270. The van der Waals surface area contributed by atoms with Crippen LogP contribution in [0.4, 0.5) is 0 Å². The van der Waals surface area contributed by atoms with Gasteiger partial charge in [-0.25, -0.2) is 9.78 Å². The number of carbonyl (C=O) groups is 2. The Bertz CT molecular complexity index is 1140. The molecular weight excluding hydrogens is 318 g/mol. The molecular formula is C19H15N3O3. The summed E-state index contributed by atoms with van der Waals surface area (Å²) >= 11 is 0. The van der Waals surface area contributed by atoms with Gasteiger partial charge in [0.05, 0.1) is 22.9 Å². The number of H-pyrrole nitrogens is 1. The van der Waals surface area contributed by atoms with Gasteiger partial charge < -0.3 is 14.3 Å². The minimum atomic E-state index is -0.914. The van der Waals surface area contributed by atoms with Crippen LogP contribution in [0.25, 0.3) is 21.9 Å². The highest BCUT2D eigenvalue weighted by atomic mass is 16.5. The second-order valence-electron chi connectivity index (χ2n) is 5.90. The average molecular weight is 333 g/mol. The van der Waals surface area contributed by atoms with Crippen LogP contribution in [0.2, 0.25) is 0 Å². The van der Waals surface area contributed by atoms with Crippen molar-refractivity contribution in [2.24, 2.45) is 7.05 Å². The van der Waals surface area contributed by atoms with Gasteiger partial charge in [-0.3, -0.25) is 4.79 Å². The number of nitrogens with one attached hydrogen (secondary N) is 1.